The molecule has 20 heavy (non-hydrogen) atoms. The summed E-state index contributed by atoms with van der Waals surface area (Å²) >= 11 is 5.99. The van der Waals surface area contributed by atoms with Crippen molar-refractivity contribution in [2.24, 2.45) is 0 Å². The lowest BCUT2D eigenvalue weighted by molar-refractivity contribution is -0.192. The summed E-state index contributed by atoms with van der Waals surface area (Å²) in [5.41, 5.74) is 0.433. The van der Waals surface area contributed by atoms with Gasteiger partial charge in [-0.15, -0.1) is 0 Å². The molecule has 1 saturated carbocycles. The minimum atomic E-state index is -0.379. The zero-order chi connectivity index (χ0) is 14.0. The van der Waals surface area contributed by atoms with Crippen LogP contribution in [-0.2, 0) is 20.8 Å². The van der Waals surface area contributed by atoms with Crippen molar-refractivity contribution in [3.63, 3.8) is 0 Å². The van der Waals surface area contributed by atoms with Gasteiger partial charge in [0.15, 0.2) is 5.79 Å². The molecule has 0 atom stereocenters. The lowest BCUT2D eigenvalue weighted by Crippen LogP contribution is -2.37. The Morgan fingerprint density at radius 3 is 2.60 bits per heavy atom. The SMILES string of the molecule is Fc1cccc(Cl)c1COC1CCC2(CC1)OCCO2. The first-order chi connectivity index (χ1) is 9.69. The van der Waals surface area contributed by atoms with Crippen LogP contribution in [0.1, 0.15) is 31.2 Å². The fraction of sp³-hybridized carbons (Fsp3) is 0.600. The first-order valence-electron chi connectivity index (χ1n) is 7.01. The molecule has 5 heteroatoms. The van der Waals surface area contributed by atoms with Crippen LogP contribution < -0.4 is 0 Å². The van der Waals surface area contributed by atoms with Crippen molar-refractivity contribution in [3.05, 3.63) is 34.6 Å². The summed E-state index contributed by atoms with van der Waals surface area (Å²) in [7, 11) is 0. The summed E-state index contributed by atoms with van der Waals surface area (Å²) in [4.78, 5) is 0. The smallest absolute Gasteiger partial charge is 0.168 e. The fourth-order valence-electron chi connectivity index (χ4n) is 2.85. The van der Waals surface area contributed by atoms with Gasteiger partial charge in [-0.3, -0.25) is 0 Å². The molecule has 2 aliphatic rings. The minimum Gasteiger partial charge on any atom is -0.373 e. The lowest BCUT2D eigenvalue weighted by atomic mass is 9.92. The predicted molar refractivity (Wildman–Crippen MR) is 73.1 cm³/mol. The van der Waals surface area contributed by atoms with Crippen LogP contribution >= 0.6 is 11.6 Å². The molecule has 3 nitrogen and oxygen atoms in total. The highest BCUT2D eigenvalue weighted by Crippen LogP contribution is 2.37. The number of hydrogen-bond donors (Lipinski definition) is 0. The Hall–Kier alpha value is -0.680. The van der Waals surface area contributed by atoms with Crippen LogP contribution in [0.5, 0.6) is 0 Å². The van der Waals surface area contributed by atoms with E-state index in [9.17, 15) is 4.39 Å². The van der Waals surface area contributed by atoms with Crippen LogP contribution in [-0.4, -0.2) is 25.1 Å². The van der Waals surface area contributed by atoms with E-state index >= 15 is 0 Å². The summed E-state index contributed by atoms with van der Waals surface area (Å²) in [6.07, 6.45) is 3.52. The summed E-state index contributed by atoms with van der Waals surface area (Å²) in [6.45, 7) is 1.57. The molecule has 1 saturated heterocycles. The van der Waals surface area contributed by atoms with Gasteiger partial charge >= 0.3 is 0 Å². The van der Waals surface area contributed by atoms with E-state index < -0.39 is 0 Å². The molecule has 0 bridgehead atoms. The molecule has 0 unspecified atom stereocenters. The summed E-state index contributed by atoms with van der Waals surface area (Å²) in [6, 6.07) is 4.68. The van der Waals surface area contributed by atoms with E-state index in [1.54, 1.807) is 12.1 Å². The van der Waals surface area contributed by atoms with Crippen molar-refractivity contribution in [2.45, 2.75) is 44.2 Å². The van der Waals surface area contributed by atoms with Crippen molar-refractivity contribution in [1.29, 1.82) is 0 Å². The molecule has 1 aromatic carbocycles. The molecule has 1 spiro atoms. The first kappa shape index (κ1) is 14.3. The largest absolute Gasteiger partial charge is 0.373 e. The van der Waals surface area contributed by atoms with Gasteiger partial charge in [0.1, 0.15) is 5.82 Å². The summed E-state index contributed by atoms with van der Waals surface area (Å²) < 4.78 is 30.8. The highest BCUT2D eigenvalue weighted by Gasteiger charge is 2.40. The normalized spacial score (nSPS) is 22.5. The first-order valence-corrected chi connectivity index (χ1v) is 7.39. The Morgan fingerprint density at radius 1 is 1.25 bits per heavy atom. The van der Waals surface area contributed by atoms with Crippen molar-refractivity contribution in [3.8, 4) is 0 Å². The van der Waals surface area contributed by atoms with Gasteiger partial charge in [-0.25, -0.2) is 4.39 Å². The third kappa shape index (κ3) is 2.98. The Kier molecular flexibility index (Phi) is 4.26. The maximum absolute atomic E-state index is 13.6. The van der Waals surface area contributed by atoms with Gasteiger partial charge in [0.05, 0.1) is 25.9 Å². The average molecular weight is 301 g/mol. The van der Waals surface area contributed by atoms with E-state index in [1.165, 1.54) is 6.07 Å². The molecule has 110 valence electrons. The maximum atomic E-state index is 13.6. The fourth-order valence-corrected chi connectivity index (χ4v) is 3.07. The van der Waals surface area contributed by atoms with Crippen LogP contribution in [0.25, 0.3) is 0 Å². The van der Waals surface area contributed by atoms with Gasteiger partial charge in [0.2, 0.25) is 0 Å². The number of benzene rings is 1. The third-order valence-electron chi connectivity index (χ3n) is 4.03. The number of hydrogen-bond acceptors (Lipinski definition) is 3. The van der Waals surface area contributed by atoms with E-state index in [1.807, 2.05) is 0 Å². The number of rotatable bonds is 3. The molecule has 1 aliphatic carbocycles. The predicted octanol–water partition coefficient (Wildman–Crippen LogP) is 3.68. The molecule has 0 radical (unpaired) electrons. The molecule has 1 heterocycles. The molecule has 1 aromatic rings. The van der Waals surface area contributed by atoms with Crippen molar-refractivity contribution in [1.82, 2.24) is 0 Å². The van der Waals surface area contributed by atoms with E-state index in [4.69, 9.17) is 25.8 Å². The van der Waals surface area contributed by atoms with Crippen molar-refractivity contribution >= 4 is 11.6 Å². The zero-order valence-electron chi connectivity index (χ0n) is 11.2. The van der Waals surface area contributed by atoms with Gasteiger partial charge in [-0.2, -0.15) is 0 Å². The van der Waals surface area contributed by atoms with Crippen LogP contribution in [0.15, 0.2) is 18.2 Å². The van der Waals surface area contributed by atoms with Crippen LogP contribution in [0.2, 0.25) is 5.02 Å². The Morgan fingerprint density at radius 2 is 1.95 bits per heavy atom. The molecule has 0 amide bonds. The quantitative estimate of drug-likeness (QED) is 0.852. The minimum absolute atomic E-state index is 0.115. The van der Waals surface area contributed by atoms with Gasteiger partial charge in [-0.1, -0.05) is 17.7 Å². The third-order valence-corrected chi connectivity index (χ3v) is 4.39. The molecular weight excluding hydrogens is 283 g/mol. The van der Waals surface area contributed by atoms with Crippen molar-refractivity contribution in [2.75, 3.05) is 13.2 Å². The Labute approximate surface area is 123 Å². The number of halogens is 2. The van der Waals surface area contributed by atoms with E-state index in [0.29, 0.717) is 23.8 Å². The van der Waals surface area contributed by atoms with Crippen LogP contribution in [0.3, 0.4) is 0 Å². The van der Waals surface area contributed by atoms with Gasteiger partial charge in [0, 0.05) is 23.4 Å². The topological polar surface area (TPSA) is 27.7 Å². The van der Waals surface area contributed by atoms with E-state index in [2.05, 4.69) is 0 Å². The summed E-state index contributed by atoms with van der Waals surface area (Å²) in [5, 5.41) is 0.416. The maximum Gasteiger partial charge on any atom is 0.168 e. The monoisotopic (exact) mass is 300 g/mol. The Bertz CT molecular complexity index is 444. The Balaban J connectivity index is 1.53. The van der Waals surface area contributed by atoms with E-state index in [-0.39, 0.29) is 24.3 Å². The highest BCUT2D eigenvalue weighted by molar-refractivity contribution is 6.31. The molecule has 1 aliphatic heterocycles. The second-order valence-corrected chi connectivity index (χ2v) is 5.73. The molecular formula is C15H18ClFO3. The standard InChI is InChI=1S/C15H18ClFO3/c16-13-2-1-3-14(17)12(13)10-18-11-4-6-15(7-5-11)19-8-9-20-15/h1-3,11H,4-10H2. The van der Waals surface area contributed by atoms with E-state index in [0.717, 1.165) is 25.7 Å². The number of ether oxygens (including phenoxy) is 3. The van der Waals surface area contributed by atoms with Gasteiger partial charge in [0.25, 0.3) is 0 Å². The van der Waals surface area contributed by atoms with Crippen LogP contribution in [0.4, 0.5) is 4.39 Å². The van der Waals surface area contributed by atoms with Gasteiger partial charge < -0.3 is 14.2 Å². The highest BCUT2D eigenvalue weighted by atomic mass is 35.5. The zero-order valence-corrected chi connectivity index (χ0v) is 12.0. The molecule has 2 fully saturated rings. The molecule has 3 rings (SSSR count). The molecule has 0 aromatic heterocycles. The second kappa shape index (κ2) is 5.98. The van der Waals surface area contributed by atoms with Crippen LogP contribution in [0, 0.1) is 5.82 Å². The average Bonchev–Trinajstić information content (AvgIpc) is 2.89. The lowest BCUT2D eigenvalue weighted by Gasteiger charge is -2.35. The summed E-state index contributed by atoms with van der Waals surface area (Å²) in [5.74, 6) is -0.692. The van der Waals surface area contributed by atoms with Gasteiger partial charge in [-0.05, 0) is 25.0 Å². The molecule has 0 N–H and O–H groups in total. The van der Waals surface area contributed by atoms with Crippen molar-refractivity contribution < 1.29 is 18.6 Å². The second-order valence-electron chi connectivity index (χ2n) is 5.32.